The highest BCUT2D eigenvalue weighted by Crippen LogP contribution is 2.23. The van der Waals surface area contributed by atoms with Gasteiger partial charge in [-0.25, -0.2) is 4.52 Å². The molecule has 0 amide bonds. The summed E-state index contributed by atoms with van der Waals surface area (Å²) < 4.78 is 9.33. The Morgan fingerprint density at radius 2 is 1.74 bits per heavy atom. The van der Waals surface area contributed by atoms with Crippen LogP contribution in [-0.4, -0.2) is 21.3 Å². The van der Waals surface area contributed by atoms with E-state index in [0.717, 1.165) is 29.2 Å². The Bertz CT molecular complexity index is 920. The number of rotatable bonds is 4. The van der Waals surface area contributed by atoms with Gasteiger partial charge in [-0.3, -0.25) is 0 Å². The summed E-state index contributed by atoms with van der Waals surface area (Å²) in [5.74, 6) is 0.853. The fraction of sp³-hybridized carbons (Fsp3) is 0.105. The predicted molar refractivity (Wildman–Crippen MR) is 90.7 cm³/mol. The van der Waals surface area contributed by atoms with E-state index in [1.807, 2.05) is 41.0 Å². The molecule has 0 aliphatic rings. The fourth-order valence-corrected chi connectivity index (χ4v) is 2.75. The van der Waals surface area contributed by atoms with Gasteiger partial charge in [0.2, 0.25) is 0 Å². The Kier molecular flexibility index (Phi) is 3.35. The minimum atomic E-state index is 0.838. The van der Waals surface area contributed by atoms with E-state index in [2.05, 4.69) is 46.2 Å². The second-order valence-corrected chi connectivity index (χ2v) is 5.47. The summed E-state index contributed by atoms with van der Waals surface area (Å²) in [6.45, 7) is 0.838. The van der Waals surface area contributed by atoms with Gasteiger partial charge >= 0.3 is 0 Å². The van der Waals surface area contributed by atoms with E-state index in [-0.39, 0.29) is 0 Å². The van der Waals surface area contributed by atoms with Crippen molar-refractivity contribution in [2.24, 2.45) is 0 Å². The zero-order valence-corrected chi connectivity index (χ0v) is 12.9. The van der Waals surface area contributed by atoms with E-state index in [4.69, 9.17) is 4.74 Å². The van der Waals surface area contributed by atoms with Crippen molar-refractivity contribution >= 4 is 5.65 Å². The summed E-state index contributed by atoms with van der Waals surface area (Å²) in [7, 11) is 1.67. The van der Waals surface area contributed by atoms with Crippen LogP contribution in [0.3, 0.4) is 0 Å². The summed E-state index contributed by atoms with van der Waals surface area (Å²) in [4.78, 5) is 0. The number of ether oxygens (including phenoxy) is 1. The first kappa shape index (κ1) is 13.6. The SMILES string of the molecule is COc1ccc(-c2cc3n(Cc4ccccc4)ccn3n2)cc1. The number of benzene rings is 2. The maximum atomic E-state index is 5.20. The number of nitrogens with zero attached hydrogens (tertiary/aromatic N) is 3. The molecule has 0 saturated heterocycles. The van der Waals surface area contributed by atoms with Gasteiger partial charge in [0, 0.05) is 30.6 Å². The average molecular weight is 303 g/mol. The van der Waals surface area contributed by atoms with Gasteiger partial charge in [-0.05, 0) is 29.8 Å². The molecule has 2 aromatic carbocycles. The molecule has 4 rings (SSSR count). The first-order valence-electron chi connectivity index (χ1n) is 7.56. The normalized spacial score (nSPS) is 11.0. The van der Waals surface area contributed by atoms with Crippen LogP contribution in [0.25, 0.3) is 16.9 Å². The van der Waals surface area contributed by atoms with Gasteiger partial charge in [0.25, 0.3) is 0 Å². The van der Waals surface area contributed by atoms with Crippen LogP contribution in [0.4, 0.5) is 0 Å². The lowest BCUT2D eigenvalue weighted by Crippen LogP contribution is -1.97. The van der Waals surface area contributed by atoms with Gasteiger partial charge in [-0.2, -0.15) is 5.10 Å². The molecule has 0 atom stereocenters. The maximum Gasteiger partial charge on any atom is 0.136 e. The number of methoxy groups -OCH3 is 1. The van der Waals surface area contributed by atoms with Crippen LogP contribution in [0.2, 0.25) is 0 Å². The number of aromatic nitrogens is 3. The molecule has 2 aromatic heterocycles. The molecule has 4 nitrogen and oxygen atoms in total. The number of hydrogen-bond donors (Lipinski definition) is 0. The first-order valence-corrected chi connectivity index (χ1v) is 7.56. The molecule has 23 heavy (non-hydrogen) atoms. The van der Waals surface area contributed by atoms with E-state index in [9.17, 15) is 0 Å². The van der Waals surface area contributed by atoms with E-state index in [1.165, 1.54) is 5.56 Å². The van der Waals surface area contributed by atoms with E-state index < -0.39 is 0 Å². The van der Waals surface area contributed by atoms with Crippen molar-refractivity contribution < 1.29 is 4.74 Å². The fourth-order valence-electron chi connectivity index (χ4n) is 2.75. The quantitative estimate of drug-likeness (QED) is 0.573. The topological polar surface area (TPSA) is 31.5 Å². The minimum absolute atomic E-state index is 0.838. The highest BCUT2D eigenvalue weighted by atomic mass is 16.5. The van der Waals surface area contributed by atoms with Gasteiger partial charge < -0.3 is 9.30 Å². The van der Waals surface area contributed by atoms with Gasteiger partial charge in [0.1, 0.15) is 11.4 Å². The Morgan fingerprint density at radius 1 is 0.957 bits per heavy atom. The Hall–Kier alpha value is -3.01. The van der Waals surface area contributed by atoms with Crippen LogP contribution >= 0.6 is 0 Å². The molecule has 0 bridgehead atoms. The maximum absolute atomic E-state index is 5.20. The third kappa shape index (κ3) is 2.59. The Morgan fingerprint density at radius 3 is 2.48 bits per heavy atom. The molecule has 4 aromatic rings. The van der Waals surface area contributed by atoms with Crippen molar-refractivity contribution in [3.63, 3.8) is 0 Å². The smallest absolute Gasteiger partial charge is 0.136 e. The molecule has 0 aliphatic carbocycles. The molecule has 0 unspecified atom stereocenters. The number of hydrogen-bond acceptors (Lipinski definition) is 2. The van der Waals surface area contributed by atoms with Gasteiger partial charge in [-0.15, -0.1) is 0 Å². The van der Waals surface area contributed by atoms with Crippen molar-refractivity contribution in [1.29, 1.82) is 0 Å². The van der Waals surface area contributed by atoms with Crippen LogP contribution in [0.15, 0.2) is 73.1 Å². The third-order valence-corrected chi connectivity index (χ3v) is 3.98. The molecule has 114 valence electrons. The lowest BCUT2D eigenvalue weighted by atomic mass is 10.1. The van der Waals surface area contributed by atoms with Gasteiger partial charge in [0.05, 0.1) is 12.8 Å². The Labute approximate surface area is 134 Å². The number of fused-ring (bicyclic) bond motifs is 1. The van der Waals surface area contributed by atoms with Gasteiger partial charge in [-0.1, -0.05) is 30.3 Å². The molecular weight excluding hydrogens is 286 g/mol. The summed E-state index contributed by atoms with van der Waals surface area (Å²) in [5, 5.41) is 4.66. The van der Waals surface area contributed by atoms with E-state index in [0.29, 0.717) is 0 Å². The van der Waals surface area contributed by atoms with Crippen molar-refractivity contribution in [2.75, 3.05) is 7.11 Å². The number of imidazole rings is 1. The van der Waals surface area contributed by atoms with E-state index >= 15 is 0 Å². The van der Waals surface area contributed by atoms with Crippen molar-refractivity contribution in [2.45, 2.75) is 6.54 Å². The predicted octanol–water partition coefficient (Wildman–Crippen LogP) is 3.86. The molecule has 0 spiro atoms. The van der Waals surface area contributed by atoms with Crippen molar-refractivity contribution in [1.82, 2.24) is 14.2 Å². The lowest BCUT2D eigenvalue weighted by Gasteiger charge is -2.03. The van der Waals surface area contributed by atoms with Crippen LogP contribution in [0, 0.1) is 0 Å². The summed E-state index contributed by atoms with van der Waals surface area (Å²) in [6.07, 6.45) is 4.05. The van der Waals surface area contributed by atoms with Crippen LogP contribution in [0.5, 0.6) is 5.75 Å². The highest BCUT2D eigenvalue weighted by Gasteiger charge is 2.08. The van der Waals surface area contributed by atoms with Crippen molar-refractivity contribution in [3.8, 4) is 17.0 Å². The van der Waals surface area contributed by atoms with Gasteiger partial charge in [0.15, 0.2) is 0 Å². The summed E-state index contributed by atoms with van der Waals surface area (Å²) >= 11 is 0. The zero-order valence-electron chi connectivity index (χ0n) is 12.9. The molecule has 0 fully saturated rings. The minimum Gasteiger partial charge on any atom is -0.497 e. The van der Waals surface area contributed by atoms with Crippen LogP contribution in [0.1, 0.15) is 5.56 Å². The molecule has 4 heteroatoms. The monoisotopic (exact) mass is 303 g/mol. The molecule has 0 aliphatic heterocycles. The van der Waals surface area contributed by atoms with E-state index in [1.54, 1.807) is 7.11 Å². The molecule has 0 radical (unpaired) electrons. The summed E-state index contributed by atoms with van der Waals surface area (Å²) in [5.41, 5.74) is 4.41. The average Bonchev–Trinajstić information content (AvgIpc) is 3.18. The molecular formula is C19H17N3O. The third-order valence-electron chi connectivity index (χ3n) is 3.98. The summed E-state index contributed by atoms with van der Waals surface area (Å²) in [6, 6.07) is 20.5. The first-order chi connectivity index (χ1) is 11.3. The second kappa shape index (κ2) is 5.65. The standard InChI is InChI=1S/C19H17N3O/c1-23-17-9-7-16(8-10-17)18-13-19-21(11-12-22(19)20-18)14-15-5-3-2-4-6-15/h2-13H,14H2,1H3. The highest BCUT2D eigenvalue weighted by molar-refractivity contribution is 5.65. The molecule has 0 N–H and O–H groups in total. The molecule has 0 saturated carbocycles. The second-order valence-electron chi connectivity index (χ2n) is 5.47. The molecule has 2 heterocycles. The lowest BCUT2D eigenvalue weighted by molar-refractivity contribution is 0.415. The van der Waals surface area contributed by atoms with Crippen LogP contribution < -0.4 is 4.74 Å². The largest absolute Gasteiger partial charge is 0.497 e. The van der Waals surface area contributed by atoms with Crippen molar-refractivity contribution in [3.05, 3.63) is 78.6 Å². The van der Waals surface area contributed by atoms with Crippen LogP contribution in [-0.2, 0) is 6.54 Å². The zero-order chi connectivity index (χ0) is 15.6. The Balaban J connectivity index is 1.68.